The number of fused-ring (bicyclic) bond motifs is 1. The molecule has 33 heavy (non-hydrogen) atoms. The number of nitrogens with zero attached hydrogens (tertiary/aromatic N) is 3. The Morgan fingerprint density at radius 1 is 1.18 bits per heavy atom. The Bertz CT molecular complexity index is 1150. The lowest BCUT2D eigenvalue weighted by atomic mass is 9.97. The van der Waals surface area contributed by atoms with Gasteiger partial charge in [-0.25, -0.2) is 8.42 Å². The molecule has 2 aliphatic heterocycles. The van der Waals surface area contributed by atoms with Gasteiger partial charge in [-0.05, 0) is 49.1 Å². The van der Waals surface area contributed by atoms with E-state index in [0.717, 1.165) is 11.3 Å². The van der Waals surface area contributed by atoms with Gasteiger partial charge in [0.1, 0.15) is 4.90 Å². The Morgan fingerprint density at radius 2 is 1.94 bits per heavy atom. The fourth-order valence-corrected chi connectivity index (χ4v) is 6.82. The summed E-state index contributed by atoms with van der Waals surface area (Å²) in [4.78, 5) is 31.0. The van der Waals surface area contributed by atoms with Crippen molar-refractivity contribution in [2.75, 3.05) is 24.5 Å². The van der Waals surface area contributed by atoms with Gasteiger partial charge in [0.2, 0.25) is 21.8 Å². The van der Waals surface area contributed by atoms with E-state index in [1.807, 2.05) is 24.3 Å². The fraction of sp³-hybridized carbons (Fsp3) is 0.435. The molecule has 0 bridgehead atoms. The van der Waals surface area contributed by atoms with Gasteiger partial charge in [-0.1, -0.05) is 28.9 Å². The number of sulfonamides is 1. The molecule has 2 aromatic rings. The molecular formula is C23H27BrN4O4S. The lowest BCUT2D eigenvalue weighted by Crippen LogP contribution is -2.43. The van der Waals surface area contributed by atoms with Crippen molar-refractivity contribution in [1.82, 2.24) is 14.6 Å². The average Bonchev–Trinajstić information content (AvgIpc) is 3.25. The van der Waals surface area contributed by atoms with Crippen LogP contribution in [0.5, 0.6) is 0 Å². The van der Waals surface area contributed by atoms with Crippen LogP contribution in [-0.4, -0.2) is 49.2 Å². The predicted octanol–water partition coefficient (Wildman–Crippen LogP) is 2.86. The molecule has 3 heterocycles. The molecule has 2 aliphatic rings. The van der Waals surface area contributed by atoms with E-state index in [1.165, 1.54) is 4.31 Å². The number of rotatable bonds is 6. The van der Waals surface area contributed by atoms with Crippen LogP contribution in [0, 0.1) is 5.92 Å². The minimum atomic E-state index is -3.82. The lowest BCUT2D eigenvalue weighted by molar-refractivity contribution is -0.126. The van der Waals surface area contributed by atoms with Crippen molar-refractivity contribution in [2.45, 2.75) is 44.0 Å². The first kappa shape index (κ1) is 23.8. The zero-order valence-corrected chi connectivity index (χ0v) is 20.9. The highest BCUT2D eigenvalue weighted by atomic mass is 79.9. The first-order valence-corrected chi connectivity index (χ1v) is 13.3. The third-order valence-electron chi connectivity index (χ3n) is 6.21. The van der Waals surface area contributed by atoms with Gasteiger partial charge in [0.05, 0.1) is 17.9 Å². The molecular weight excluding hydrogens is 508 g/mol. The maximum absolute atomic E-state index is 13.6. The van der Waals surface area contributed by atoms with Crippen molar-refractivity contribution in [3.05, 3.63) is 52.3 Å². The molecule has 0 atom stereocenters. The average molecular weight is 535 g/mol. The van der Waals surface area contributed by atoms with Crippen LogP contribution in [0.15, 0.2) is 45.9 Å². The number of halogens is 1. The van der Waals surface area contributed by atoms with Crippen LogP contribution in [0.4, 0.5) is 5.69 Å². The summed E-state index contributed by atoms with van der Waals surface area (Å²) in [6.45, 7) is 3.13. The molecule has 0 spiro atoms. The van der Waals surface area contributed by atoms with Gasteiger partial charge in [-0.3, -0.25) is 14.6 Å². The normalized spacial score (nSPS) is 17.1. The smallest absolute Gasteiger partial charge is 0.245 e. The van der Waals surface area contributed by atoms with Crippen LogP contribution >= 0.6 is 15.9 Å². The first-order chi connectivity index (χ1) is 15.8. The molecule has 4 rings (SSSR count). The predicted molar refractivity (Wildman–Crippen MR) is 128 cm³/mol. The number of benzene rings is 1. The molecule has 1 saturated heterocycles. The molecule has 0 unspecified atom stereocenters. The van der Waals surface area contributed by atoms with E-state index in [2.05, 4.69) is 26.2 Å². The topological polar surface area (TPSA) is 99.7 Å². The van der Waals surface area contributed by atoms with E-state index in [4.69, 9.17) is 0 Å². The lowest BCUT2D eigenvalue weighted by Gasteiger charge is -2.31. The van der Waals surface area contributed by atoms with E-state index < -0.39 is 10.0 Å². The van der Waals surface area contributed by atoms with Crippen LogP contribution in [0.3, 0.4) is 0 Å². The number of hydrogen-bond acceptors (Lipinski definition) is 5. The number of carbonyl (C=O) groups is 2. The Balaban J connectivity index is 1.47. The summed E-state index contributed by atoms with van der Waals surface area (Å²) in [5.74, 6) is -0.414. The molecule has 0 aliphatic carbocycles. The Kier molecular flexibility index (Phi) is 7.16. The molecule has 1 aromatic carbocycles. The van der Waals surface area contributed by atoms with Crippen LogP contribution in [0.2, 0.25) is 0 Å². The second-order valence-corrected chi connectivity index (χ2v) is 11.1. The molecule has 0 radical (unpaired) electrons. The van der Waals surface area contributed by atoms with Crippen molar-refractivity contribution < 1.29 is 18.0 Å². The molecule has 176 valence electrons. The van der Waals surface area contributed by atoms with Crippen LogP contribution in [0.25, 0.3) is 0 Å². The number of nitrogens with one attached hydrogen (secondary N) is 1. The number of piperidine rings is 1. The minimum Gasteiger partial charge on any atom is -0.350 e. The number of carbonyl (C=O) groups excluding carboxylic acids is 2. The molecule has 10 heteroatoms. The number of pyridine rings is 1. The molecule has 1 aromatic heterocycles. The number of anilines is 1. The highest BCUT2D eigenvalue weighted by Crippen LogP contribution is 2.39. The second-order valence-electron chi connectivity index (χ2n) is 8.28. The third-order valence-corrected chi connectivity index (χ3v) is 8.58. The number of aromatic nitrogens is 1. The number of amides is 2. The van der Waals surface area contributed by atoms with Gasteiger partial charge in [0.25, 0.3) is 0 Å². The van der Waals surface area contributed by atoms with Crippen LogP contribution in [0.1, 0.15) is 37.4 Å². The quantitative estimate of drug-likeness (QED) is 0.614. The van der Waals surface area contributed by atoms with E-state index in [0.29, 0.717) is 48.9 Å². The summed E-state index contributed by atoms with van der Waals surface area (Å²) < 4.78 is 29.3. The highest BCUT2D eigenvalue weighted by molar-refractivity contribution is 9.10. The summed E-state index contributed by atoms with van der Waals surface area (Å²) in [5, 5.41) is 2.90. The van der Waals surface area contributed by atoms with Crippen LogP contribution < -0.4 is 10.2 Å². The SMILES string of the molecule is CCC(=O)N1CCc2cc(Br)cc(S(=O)(=O)N3CCC(C(=O)NCc4ccccn4)CC3)c21. The largest absolute Gasteiger partial charge is 0.350 e. The molecule has 1 N–H and O–H groups in total. The maximum Gasteiger partial charge on any atom is 0.245 e. The minimum absolute atomic E-state index is 0.0826. The Hall–Kier alpha value is -2.30. The standard InChI is InChI=1S/C23H27BrN4O4S/c1-2-21(29)28-12-8-17-13-18(24)14-20(22(17)28)33(31,32)27-10-6-16(7-11-27)23(30)26-15-19-5-3-4-9-25-19/h3-5,9,13-14,16H,2,6-8,10-12,15H2,1H3,(H,26,30). The molecule has 2 amide bonds. The van der Waals surface area contributed by atoms with Gasteiger partial charge < -0.3 is 10.2 Å². The second kappa shape index (κ2) is 9.90. The van der Waals surface area contributed by atoms with Crippen molar-refractivity contribution in [3.8, 4) is 0 Å². The van der Waals surface area contributed by atoms with Gasteiger partial charge in [-0.2, -0.15) is 4.31 Å². The van der Waals surface area contributed by atoms with Crippen molar-refractivity contribution >= 4 is 43.5 Å². The highest BCUT2D eigenvalue weighted by Gasteiger charge is 2.37. The zero-order valence-electron chi connectivity index (χ0n) is 18.5. The summed E-state index contributed by atoms with van der Waals surface area (Å²) in [7, 11) is -3.82. The van der Waals surface area contributed by atoms with Gasteiger partial charge >= 0.3 is 0 Å². The van der Waals surface area contributed by atoms with E-state index in [9.17, 15) is 18.0 Å². The van der Waals surface area contributed by atoms with Gasteiger partial charge in [0, 0.05) is 42.6 Å². The van der Waals surface area contributed by atoms with E-state index in [-0.39, 0.29) is 35.7 Å². The number of hydrogen-bond donors (Lipinski definition) is 1. The van der Waals surface area contributed by atoms with Gasteiger partial charge in [-0.15, -0.1) is 0 Å². The Labute approximate surface area is 202 Å². The first-order valence-electron chi connectivity index (χ1n) is 11.1. The summed E-state index contributed by atoms with van der Waals surface area (Å²) in [6.07, 6.45) is 3.51. The molecule has 8 nitrogen and oxygen atoms in total. The van der Waals surface area contributed by atoms with Crippen molar-refractivity contribution in [2.24, 2.45) is 5.92 Å². The van der Waals surface area contributed by atoms with Gasteiger partial charge in [0.15, 0.2) is 0 Å². The molecule has 1 fully saturated rings. The maximum atomic E-state index is 13.6. The summed E-state index contributed by atoms with van der Waals surface area (Å²) in [6, 6.07) is 9.00. The van der Waals surface area contributed by atoms with E-state index in [1.54, 1.807) is 24.1 Å². The third kappa shape index (κ3) is 4.97. The fourth-order valence-electron chi connectivity index (χ4n) is 4.43. The van der Waals surface area contributed by atoms with E-state index >= 15 is 0 Å². The Morgan fingerprint density at radius 3 is 2.61 bits per heavy atom. The van der Waals surface area contributed by atoms with Crippen LogP contribution in [-0.2, 0) is 32.6 Å². The monoisotopic (exact) mass is 534 g/mol. The zero-order chi connectivity index (χ0) is 23.6. The van der Waals surface area contributed by atoms with Crippen molar-refractivity contribution in [1.29, 1.82) is 0 Å². The molecule has 0 saturated carbocycles. The van der Waals surface area contributed by atoms with Crippen molar-refractivity contribution in [3.63, 3.8) is 0 Å². The summed E-state index contributed by atoms with van der Waals surface area (Å²) >= 11 is 3.43. The summed E-state index contributed by atoms with van der Waals surface area (Å²) in [5.41, 5.74) is 2.13.